The minimum Gasteiger partial charge on any atom is -0.422 e. The van der Waals surface area contributed by atoms with Gasteiger partial charge in [0.15, 0.2) is 5.78 Å². The van der Waals surface area contributed by atoms with E-state index in [0.717, 1.165) is 16.6 Å². The molecule has 0 amide bonds. The Morgan fingerprint density at radius 3 is 2.50 bits per heavy atom. The number of benzene rings is 1. The fourth-order valence-electron chi connectivity index (χ4n) is 3.25. The topological polar surface area (TPSA) is 50.5 Å². The fraction of sp³-hybridized carbons (Fsp3) is 0.400. The lowest BCUT2D eigenvalue weighted by molar-refractivity contribution is 0.0936. The first-order chi connectivity index (χ1) is 11.1. The number of rotatable bonds is 2. The Labute approximate surface area is 141 Å². The highest BCUT2D eigenvalue weighted by Crippen LogP contribution is 2.39. The SMILES string of the molecule is CC1=CC(C)(C)N(C)c2cc3oc(=O)c(C(=O)C(C)C)cc3cc21. The second kappa shape index (κ2) is 5.33. The third kappa shape index (κ3) is 2.46. The maximum atomic E-state index is 12.2. The highest BCUT2D eigenvalue weighted by atomic mass is 16.4. The number of fused-ring (bicyclic) bond motifs is 2. The minimum absolute atomic E-state index is 0.112. The van der Waals surface area contributed by atoms with Gasteiger partial charge >= 0.3 is 5.63 Å². The first-order valence-electron chi connectivity index (χ1n) is 8.21. The van der Waals surface area contributed by atoms with Gasteiger partial charge in [-0.15, -0.1) is 0 Å². The van der Waals surface area contributed by atoms with Crippen molar-refractivity contribution in [1.82, 2.24) is 0 Å². The van der Waals surface area contributed by atoms with Crippen LogP contribution in [0.25, 0.3) is 16.5 Å². The molecule has 0 saturated carbocycles. The molecule has 0 fully saturated rings. The molecule has 2 aromatic rings. The van der Waals surface area contributed by atoms with Gasteiger partial charge < -0.3 is 9.32 Å². The van der Waals surface area contributed by atoms with E-state index in [-0.39, 0.29) is 22.8 Å². The molecule has 0 N–H and O–H groups in total. The molecule has 0 atom stereocenters. The predicted molar refractivity (Wildman–Crippen MR) is 97.8 cm³/mol. The molecule has 1 aromatic carbocycles. The van der Waals surface area contributed by atoms with E-state index in [1.165, 1.54) is 5.57 Å². The Morgan fingerprint density at radius 2 is 1.88 bits per heavy atom. The molecule has 2 heterocycles. The van der Waals surface area contributed by atoms with Crippen LogP contribution in [0, 0.1) is 5.92 Å². The third-order valence-electron chi connectivity index (χ3n) is 4.86. The molecule has 1 aliphatic heterocycles. The van der Waals surface area contributed by atoms with Crippen LogP contribution in [0.1, 0.15) is 50.5 Å². The molecular formula is C20H23NO3. The van der Waals surface area contributed by atoms with Crippen molar-refractivity contribution in [3.05, 3.63) is 45.8 Å². The zero-order valence-corrected chi connectivity index (χ0v) is 15.1. The van der Waals surface area contributed by atoms with Crippen molar-refractivity contribution in [2.45, 2.75) is 40.2 Å². The molecule has 126 valence electrons. The zero-order valence-electron chi connectivity index (χ0n) is 15.1. The molecule has 0 bridgehead atoms. The second-order valence-electron chi connectivity index (χ2n) is 7.41. The molecule has 4 nitrogen and oxygen atoms in total. The van der Waals surface area contributed by atoms with Gasteiger partial charge in [-0.25, -0.2) is 4.79 Å². The summed E-state index contributed by atoms with van der Waals surface area (Å²) in [6.07, 6.45) is 2.22. The largest absolute Gasteiger partial charge is 0.422 e. The Bertz CT molecular complexity index is 932. The van der Waals surface area contributed by atoms with Crippen LogP contribution in [-0.4, -0.2) is 18.4 Å². The average molecular weight is 325 g/mol. The van der Waals surface area contributed by atoms with Gasteiger partial charge in [-0.3, -0.25) is 4.79 Å². The van der Waals surface area contributed by atoms with Crippen molar-refractivity contribution in [2.75, 3.05) is 11.9 Å². The molecule has 0 spiro atoms. The van der Waals surface area contributed by atoms with E-state index in [1.807, 2.05) is 19.2 Å². The van der Waals surface area contributed by atoms with Gasteiger partial charge in [-0.05, 0) is 38.5 Å². The van der Waals surface area contributed by atoms with Crippen LogP contribution in [0.3, 0.4) is 0 Å². The van der Waals surface area contributed by atoms with Crippen LogP contribution in [0.5, 0.6) is 0 Å². The van der Waals surface area contributed by atoms with Crippen LogP contribution in [0.2, 0.25) is 0 Å². The number of Topliss-reactive ketones (excluding diaryl/α,β-unsaturated/α-hetero) is 1. The third-order valence-corrected chi connectivity index (χ3v) is 4.86. The molecule has 0 radical (unpaired) electrons. The van der Waals surface area contributed by atoms with E-state index in [9.17, 15) is 9.59 Å². The summed E-state index contributed by atoms with van der Waals surface area (Å²) < 4.78 is 5.46. The zero-order chi connectivity index (χ0) is 17.8. The molecule has 0 saturated heterocycles. The number of anilines is 1. The Hall–Kier alpha value is -2.36. The molecule has 3 rings (SSSR count). The van der Waals surface area contributed by atoms with E-state index < -0.39 is 5.63 Å². The first kappa shape index (κ1) is 16.5. The summed E-state index contributed by atoms with van der Waals surface area (Å²) in [4.78, 5) is 26.6. The summed E-state index contributed by atoms with van der Waals surface area (Å²) in [5, 5.41) is 0.776. The van der Waals surface area contributed by atoms with Crippen LogP contribution in [-0.2, 0) is 0 Å². The van der Waals surface area contributed by atoms with Crippen molar-refractivity contribution < 1.29 is 9.21 Å². The minimum atomic E-state index is -0.564. The Kier molecular flexibility index (Phi) is 3.67. The number of hydrogen-bond donors (Lipinski definition) is 0. The van der Waals surface area contributed by atoms with E-state index >= 15 is 0 Å². The summed E-state index contributed by atoms with van der Waals surface area (Å²) in [5.74, 6) is -0.426. The fourth-order valence-corrected chi connectivity index (χ4v) is 3.25. The van der Waals surface area contributed by atoms with Gasteiger partial charge in [0.25, 0.3) is 0 Å². The number of carbonyl (C=O) groups excluding carboxylic acids is 1. The number of allylic oxidation sites excluding steroid dienone is 1. The van der Waals surface area contributed by atoms with Crippen molar-refractivity contribution in [2.24, 2.45) is 5.92 Å². The summed E-state index contributed by atoms with van der Waals surface area (Å²) >= 11 is 0. The molecular weight excluding hydrogens is 302 g/mol. The predicted octanol–water partition coefficient (Wildman–Crippen LogP) is 4.26. The van der Waals surface area contributed by atoms with Gasteiger partial charge in [0.2, 0.25) is 0 Å². The molecule has 0 aliphatic carbocycles. The lowest BCUT2D eigenvalue weighted by Gasteiger charge is -2.40. The van der Waals surface area contributed by atoms with E-state index in [4.69, 9.17) is 4.42 Å². The lowest BCUT2D eigenvalue weighted by atomic mass is 9.88. The number of ketones is 1. The number of carbonyl (C=O) groups is 1. The van der Waals surface area contributed by atoms with Crippen molar-refractivity contribution in [3.8, 4) is 0 Å². The smallest absolute Gasteiger partial charge is 0.347 e. The van der Waals surface area contributed by atoms with Crippen molar-refractivity contribution in [3.63, 3.8) is 0 Å². The highest BCUT2D eigenvalue weighted by molar-refractivity contribution is 6.00. The molecule has 4 heteroatoms. The summed E-state index contributed by atoms with van der Waals surface area (Å²) in [6, 6.07) is 5.56. The number of nitrogens with zero attached hydrogens (tertiary/aromatic N) is 1. The van der Waals surface area contributed by atoms with Crippen LogP contribution < -0.4 is 10.5 Å². The van der Waals surface area contributed by atoms with Gasteiger partial charge in [0, 0.05) is 35.7 Å². The van der Waals surface area contributed by atoms with Gasteiger partial charge in [0.05, 0.1) is 5.54 Å². The molecule has 0 unspecified atom stereocenters. The monoisotopic (exact) mass is 325 g/mol. The van der Waals surface area contributed by atoms with Crippen LogP contribution >= 0.6 is 0 Å². The number of likely N-dealkylation sites (N-methyl/N-ethyl adjacent to an activating group) is 1. The summed E-state index contributed by atoms with van der Waals surface area (Å²) in [5.41, 5.74) is 3.27. The van der Waals surface area contributed by atoms with Gasteiger partial charge in [-0.2, -0.15) is 0 Å². The first-order valence-corrected chi connectivity index (χ1v) is 8.21. The average Bonchev–Trinajstić information content (AvgIpc) is 2.49. The highest BCUT2D eigenvalue weighted by Gasteiger charge is 2.29. The van der Waals surface area contributed by atoms with Crippen molar-refractivity contribution in [1.29, 1.82) is 0 Å². The number of hydrogen-bond acceptors (Lipinski definition) is 4. The van der Waals surface area contributed by atoms with E-state index in [1.54, 1.807) is 19.9 Å². The van der Waals surface area contributed by atoms with Crippen molar-refractivity contribution >= 4 is 28.0 Å². The molecule has 1 aromatic heterocycles. The maximum absolute atomic E-state index is 12.2. The lowest BCUT2D eigenvalue weighted by Crippen LogP contribution is -2.42. The second-order valence-corrected chi connectivity index (χ2v) is 7.41. The Balaban J connectivity index is 2.27. The molecule has 1 aliphatic rings. The van der Waals surface area contributed by atoms with Crippen LogP contribution in [0.4, 0.5) is 5.69 Å². The summed E-state index contributed by atoms with van der Waals surface area (Å²) in [7, 11) is 2.03. The van der Waals surface area contributed by atoms with E-state index in [0.29, 0.717) is 5.58 Å². The Morgan fingerprint density at radius 1 is 1.21 bits per heavy atom. The quantitative estimate of drug-likeness (QED) is 0.611. The normalized spacial score (nSPS) is 16.3. The van der Waals surface area contributed by atoms with Gasteiger partial charge in [0.1, 0.15) is 11.1 Å². The van der Waals surface area contributed by atoms with Gasteiger partial charge in [-0.1, -0.05) is 19.9 Å². The molecule has 24 heavy (non-hydrogen) atoms. The maximum Gasteiger partial charge on any atom is 0.347 e. The van der Waals surface area contributed by atoms with Crippen LogP contribution in [0.15, 0.2) is 33.5 Å². The standard InChI is InChI=1S/C20H23NO3/c1-11(2)18(22)15-8-13-7-14-12(3)10-20(4,5)21(6)16(14)9-17(13)24-19(15)23/h7-11H,1-6H3. The summed E-state index contributed by atoms with van der Waals surface area (Å²) in [6.45, 7) is 9.93. The van der Waals surface area contributed by atoms with E-state index in [2.05, 4.69) is 31.7 Å².